The standard InChI is InChI=1S/C18H22ClN5O/c1-3-20-16-12-17(22-13(2)21-16)23-8-10-24(11-9-23)18(25)14-6-4-5-7-15(14)19/h4-7,12H,3,8-11H2,1-2H3,(H,20,21,22). The summed E-state index contributed by atoms with van der Waals surface area (Å²) in [6.07, 6.45) is 0. The summed E-state index contributed by atoms with van der Waals surface area (Å²) in [5.41, 5.74) is 0.560. The molecule has 2 aromatic rings. The largest absolute Gasteiger partial charge is 0.370 e. The minimum Gasteiger partial charge on any atom is -0.370 e. The maximum Gasteiger partial charge on any atom is 0.255 e. The molecule has 1 saturated heterocycles. The van der Waals surface area contributed by atoms with Crippen molar-refractivity contribution in [2.45, 2.75) is 13.8 Å². The van der Waals surface area contributed by atoms with E-state index < -0.39 is 0 Å². The fourth-order valence-corrected chi connectivity index (χ4v) is 3.15. The molecule has 1 aromatic heterocycles. The van der Waals surface area contributed by atoms with Crippen molar-refractivity contribution in [2.75, 3.05) is 42.9 Å². The Balaban J connectivity index is 1.68. The Morgan fingerprint density at radius 2 is 1.92 bits per heavy atom. The minimum atomic E-state index is -0.0162. The van der Waals surface area contributed by atoms with Crippen LogP contribution in [0.4, 0.5) is 11.6 Å². The molecule has 2 heterocycles. The Labute approximate surface area is 152 Å². The normalized spacial score (nSPS) is 14.5. The van der Waals surface area contributed by atoms with Crippen LogP contribution in [0.25, 0.3) is 0 Å². The second-order valence-corrected chi connectivity index (χ2v) is 6.36. The highest BCUT2D eigenvalue weighted by molar-refractivity contribution is 6.33. The molecule has 6 nitrogen and oxygen atoms in total. The molecule has 0 saturated carbocycles. The lowest BCUT2D eigenvalue weighted by molar-refractivity contribution is 0.0746. The van der Waals surface area contributed by atoms with Crippen molar-refractivity contribution >= 4 is 29.1 Å². The lowest BCUT2D eigenvalue weighted by Crippen LogP contribution is -2.49. The second kappa shape index (κ2) is 7.70. The van der Waals surface area contributed by atoms with Crippen molar-refractivity contribution in [3.05, 3.63) is 46.7 Å². The lowest BCUT2D eigenvalue weighted by Gasteiger charge is -2.35. The van der Waals surface area contributed by atoms with Gasteiger partial charge in [0, 0.05) is 38.8 Å². The summed E-state index contributed by atoms with van der Waals surface area (Å²) < 4.78 is 0. The van der Waals surface area contributed by atoms with Gasteiger partial charge in [0.1, 0.15) is 17.5 Å². The van der Waals surface area contributed by atoms with Crippen LogP contribution in [0.1, 0.15) is 23.1 Å². The topological polar surface area (TPSA) is 61.4 Å². The van der Waals surface area contributed by atoms with Crippen LogP contribution in [0, 0.1) is 6.92 Å². The average molecular weight is 360 g/mol. The molecule has 1 fully saturated rings. The number of carbonyl (C=O) groups excluding carboxylic acids is 1. The van der Waals surface area contributed by atoms with Crippen LogP contribution in [0.3, 0.4) is 0 Å². The van der Waals surface area contributed by atoms with Crippen LogP contribution in [0.5, 0.6) is 0 Å². The first-order valence-corrected chi connectivity index (χ1v) is 8.84. The van der Waals surface area contributed by atoms with Gasteiger partial charge in [-0.3, -0.25) is 4.79 Å². The minimum absolute atomic E-state index is 0.0162. The van der Waals surface area contributed by atoms with Crippen LogP contribution in [-0.2, 0) is 0 Å². The quantitative estimate of drug-likeness (QED) is 0.909. The van der Waals surface area contributed by atoms with E-state index in [2.05, 4.69) is 20.2 Å². The van der Waals surface area contributed by atoms with E-state index in [1.165, 1.54) is 0 Å². The van der Waals surface area contributed by atoms with Gasteiger partial charge >= 0.3 is 0 Å². The Bertz CT molecular complexity index is 759. The number of nitrogens with one attached hydrogen (secondary N) is 1. The van der Waals surface area contributed by atoms with Gasteiger partial charge in [0.15, 0.2) is 0 Å². The highest BCUT2D eigenvalue weighted by atomic mass is 35.5. The van der Waals surface area contributed by atoms with Crippen LogP contribution < -0.4 is 10.2 Å². The molecular weight excluding hydrogens is 338 g/mol. The smallest absolute Gasteiger partial charge is 0.255 e. The molecule has 0 unspecified atom stereocenters. The third-order valence-corrected chi connectivity index (χ3v) is 4.51. The number of hydrogen-bond acceptors (Lipinski definition) is 5. The van der Waals surface area contributed by atoms with E-state index in [0.717, 1.165) is 37.1 Å². The maximum atomic E-state index is 12.6. The van der Waals surface area contributed by atoms with E-state index in [1.54, 1.807) is 12.1 Å². The fourth-order valence-electron chi connectivity index (χ4n) is 2.93. The third-order valence-electron chi connectivity index (χ3n) is 4.18. The number of aromatic nitrogens is 2. The molecule has 0 bridgehead atoms. The van der Waals surface area contributed by atoms with Crippen LogP contribution in [-0.4, -0.2) is 53.5 Å². The van der Waals surface area contributed by atoms with E-state index >= 15 is 0 Å². The first kappa shape index (κ1) is 17.5. The summed E-state index contributed by atoms with van der Waals surface area (Å²) in [5, 5.41) is 3.72. The molecule has 0 spiro atoms. The van der Waals surface area contributed by atoms with Crippen LogP contribution in [0.2, 0.25) is 5.02 Å². The van der Waals surface area contributed by atoms with Crippen molar-refractivity contribution in [2.24, 2.45) is 0 Å². The molecule has 1 aliphatic heterocycles. The summed E-state index contributed by atoms with van der Waals surface area (Å²) in [6.45, 7) is 7.50. The van der Waals surface area contributed by atoms with Crippen molar-refractivity contribution < 1.29 is 4.79 Å². The Kier molecular flexibility index (Phi) is 5.38. The number of anilines is 2. The molecule has 1 amide bonds. The highest BCUT2D eigenvalue weighted by Crippen LogP contribution is 2.21. The van der Waals surface area contributed by atoms with E-state index in [4.69, 9.17) is 11.6 Å². The van der Waals surface area contributed by atoms with Gasteiger partial charge in [-0.2, -0.15) is 0 Å². The summed E-state index contributed by atoms with van der Waals surface area (Å²) >= 11 is 6.15. The molecule has 1 aliphatic rings. The van der Waals surface area contributed by atoms with Gasteiger partial charge in [-0.1, -0.05) is 23.7 Å². The van der Waals surface area contributed by atoms with E-state index in [-0.39, 0.29) is 5.91 Å². The fraction of sp³-hybridized carbons (Fsp3) is 0.389. The first-order valence-electron chi connectivity index (χ1n) is 8.47. The van der Waals surface area contributed by atoms with Crippen LogP contribution in [0.15, 0.2) is 30.3 Å². The molecule has 0 atom stereocenters. The van der Waals surface area contributed by atoms with Crippen LogP contribution >= 0.6 is 11.6 Å². The number of amides is 1. The highest BCUT2D eigenvalue weighted by Gasteiger charge is 2.24. The molecular formula is C18H22ClN5O. The maximum absolute atomic E-state index is 12.6. The second-order valence-electron chi connectivity index (χ2n) is 5.95. The zero-order valence-corrected chi connectivity index (χ0v) is 15.3. The number of hydrogen-bond donors (Lipinski definition) is 1. The van der Waals surface area contributed by atoms with Gasteiger partial charge < -0.3 is 15.1 Å². The number of rotatable bonds is 4. The Morgan fingerprint density at radius 1 is 1.20 bits per heavy atom. The lowest BCUT2D eigenvalue weighted by atomic mass is 10.2. The van der Waals surface area contributed by atoms with Crippen molar-refractivity contribution in [3.8, 4) is 0 Å². The van der Waals surface area contributed by atoms with Gasteiger partial charge in [0.25, 0.3) is 5.91 Å². The molecule has 3 rings (SSSR count). The number of aryl methyl sites for hydroxylation is 1. The van der Waals surface area contributed by atoms with E-state index in [9.17, 15) is 4.79 Å². The van der Waals surface area contributed by atoms with Crippen molar-refractivity contribution in [1.82, 2.24) is 14.9 Å². The van der Waals surface area contributed by atoms with Crippen molar-refractivity contribution in [1.29, 1.82) is 0 Å². The molecule has 25 heavy (non-hydrogen) atoms. The van der Waals surface area contributed by atoms with E-state index in [0.29, 0.717) is 23.7 Å². The number of piperazine rings is 1. The number of nitrogens with zero attached hydrogens (tertiary/aromatic N) is 4. The summed E-state index contributed by atoms with van der Waals surface area (Å²) in [7, 11) is 0. The summed E-state index contributed by atoms with van der Waals surface area (Å²) in [4.78, 5) is 25.6. The number of carbonyl (C=O) groups is 1. The average Bonchev–Trinajstić information content (AvgIpc) is 2.61. The van der Waals surface area contributed by atoms with Crippen molar-refractivity contribution in [3.63, 3.8) is 0 Å². The first-order chi connectivity index (χ1) is 12.1. The van der Waals surface area contributed by atoms with Gasteiger partial charge in [-0.05, 0) is 26.0 Å². The van der Waals surface area contributed by atoms with Gasteiger partial charge in [-0.15, -0.1) is 0 Å². The predicted molar refractivity (Wildman–Crippen MR) is 101 cm³/mol. The zero-order chi connectivity index (χ0) is 17.8. The van der Waals surface area contributed by atoms with Gasteiger partial charge in [0.2, 0.25) is 0 Å². The van der Waals surface area contributed by atoms with Gasteiger partial charge in [-0.25, -0.2) is 9.97 Å². The number of halogens is 1. The molecule has 0 aliphatic carbocycles. The van der Waals surface area contributed by atoms with E-state index in [1.807, 2.05) is 36.9 Å². The Hall–Kier alpha value is -2.34. The monoisotopic (exact) mass is 359 g/mol. The summed E-state index contributed by atoms with van der Waals surface area (Å²) in [5.74, 6) is 2.45. The SMILES string of the molecule is CCNc1cc(N2CCN(C(=O)c3ccccc3Cl)CC2)nc(C)n1. The van der Waals surface area contributed by atoms with Gasteiger partial charge in [0.05, 0.1) is 10.6 Å². The Morgan fingerprint density at radius 3 is 2.60 bits per heavy atom. The molecule has 1 aromatic carbocycles. The number of benzene rings is 1. The zero-order valence-electron chi connectivity index (χ0n) is 14.5. The molecule has 132 valence electrons. The molecule has 0 radical (unpaired) electrons. The molecule has 7 heteroatoms. The third kappa shape index (κ3) is 4.02. The summed E-state index contributed by atoms with van der Waals surface area (Å²) in [6, 6.07) is 9.14. The predicted octanol–water partition coefficient (Wildman–Crippen LogP) is 2.83. The molecule has 1 N–H and O–H groups in total.